The van der Waals surface area contributed by atoms with E-state index in [-0.39, 0.29) is 17.6 Å². The van der Waals surface area contributed by atoms with Gasteiger partial charge in [0.1, 0.15) is 12.4 Å². The zero-order valence-electron chi connectivity index (χ0n) is 23.4. The summed E-state index contributed by atoms with van der Waals surface area (Å²) in [5, 5.41) is 21.0. The third-order valence-corrected chi connectivity index (χ3v) is 6.46. The van der Waals surface area contributed by atoms with E-state index in [0.29, 0.717) is 52.8 Å². The molecule has 16 heteroatoms. The molecule has 4 N–H and O–H groups in total. The van der Waals surface area contributed by atoms with Gasteiger partial charge in [-0.05, 0) is 37.6 Å². The Morgan fingerprint density at radius 3 is 2.42 bits per heavy atom. The Hall–Kier alpha value is -4.70. The summed E-state index contributed by atoms with van der Waals surface area (Å²) in [5.74, 6) is -0.492. The molecule has 0 bridgehead atoms. The van der Waals surface area contributed by atoms with Gasteiger partial charge < -0.3 is 24.4 Å². The summed E-state index contributed by atoms with van der Waals surface area (Å²) in [5.41, 5.74) is 1.60. The van der Waals surface area contributed by atoms with Gasteiger partial charge >= 0.3 is 12.1 Å². The van der Waals surface area contributed by atoms with Crippen molar-refractivity contribution in [2.24, 2.45) is 0 Å². The zero-order valence-corrected chi connectivity index (χ0v) is 23.4. The lowest BCUT2D eigenvalue weighted by atomic mass is 10.1. The fraction of sp³-hybridized carbons (Fsp3) is 0.370. The van der Waals surface area contributed by atoms with Gasteiger partial charge in [0.2, 0.25) is 11.9 Å². The van der Waals surface area contributed by atoms with Crippen molar-refractivity contribution < 1.29 is 42.4 Å². The third-order valence-electron chi connectivity index (χ3n) is 6.46. The fourth-order valence-corrected chi connectivity index (χ4v) is 4.35. The number of anilines is 2. The molecule has 1 aliphatic heterocycles. The number of aromatic nitrogens is 4. The number of benzene rings is 2. The molecule has 1 fully saturated rings. The Balaban J connectivity index is 0.000000541. The highest BCUT2D eigenvalue weighted by Crippen LogP contribution is 2.33. The Morgan fingerprint density at radius 1 is 1.09 bits per heavy atom. The molecular weight excluding hydrogens is 577 g/mol. The van der Waals surface area contributed by atoms with Crippen molar-refractivity contribution in [1.82, 2.24) is 24.8 Å². The number of aromatic amines is 1. The van der Waals surface area contributed by atoms with E-state index in [1.165, 1.54) is 0 Å². The fourth-order valence-electron chi connectivity index (χ4n) is 4.35. The molecule has 4 aromatic rings. The molecule has 0 saturated carbocycles. The number of nitrogens with zero attached hydrogens (tertiary/aromatic N) is 4. The van der Waals surface area contributed by atoms with Gasteiger partial charge in [-0.2, -0.15) is 13.2 Å². The molecule has 0 radical (unpaired) electrons. The van der Waals surface area contributed by atoms with Crippen LogP contribution >= 0.6 is 0 Å². The number of likely N-dealkylation sites (tertiary alicyclic amines) is 1. The van der Waals surface area contributed by atoms with Crippen molar-refractivity contribution in [2.45, 2.75) is 25.6 Å². The van der Waals surface area contributed by atoms with Gasteiger partial charge in [0.05, 0.1) is 42.4 Å². The second-order valence-electron chi connectivity index (χ2n) is 9.47. The minimum absolute atomic E-state index is 0.230. The van der Waals surface area contributed by atoms with Gasteiger partial charge in [-0.1, -0.05) is 0 Å². The van der Waals surface area contributed by atoms with E-state index in [4.69, 9.17) is 24.1 Å². The number of hydrogen-bond donors (Lipinski definition) is 4. The number of hydrogen-bond acceptors (Lipinski definition) is 11. The second-order valence-corrected chi connectivity index (χ2v) is 9.47. The average Bonchev–Trinajstić information content (AvgIpc) is 3.37. The van der Waals surface area contributed by atoms with E-state index < -0.39 is 12.1 Å². The van der Waals surface area contributed by atoms with Crippen LogP contribution in [0.25, 0.3) is 21.8 Å². The topological polar surface area (TPSA) is 172 Å². The largest absolute Gasteiger partial charge is 0.493 e. The summed E-state index contributed by atoms with van der Waals surface area (Å²) in [6, 6.07) is 8.82. The number of aryl methyl sites for hydroxylation is 1. The van der Waals surface area contributed by atoms with Gasteiger partial charge in [0.15, 0.2) is 11.5 Å². The van der Waals surface area contributed by atoms with Crippen LogP contribution in [0.3, 0.4) is 0 Å². The van der Waals surface area contributed by atoms with Crippen LogP contribution in [0.5, 0.6) is 17.2 Å². The molecule has 0 aliphatic carbocycles. The van der Waals surface area contributed by atoms with Gasteiger partial charge in [0, 0.05) is 31.1 Å². The number of H-pyrrole nitrogens is 1. The predicted octanol–water partition coefficient (Wildman–Crippen LogP) is 3.01. The number of ether oxygens (including phenoxy) is 3. The van der Waals surface area contributed by atoms with Crippen molar-refractivity contribution in [3.8, 4) is 17.2 Å². The second kappa shape index (κ2) is 13.1. The third kappa shape index (κ3) is 7.78. The first-order chi connectivity index (χ1) is 20.4. The molecule has 5 rings (SSSR count). The Kier molecular flexibility index (Phi) is 9.50. The van der Waals surface area contributed by atoms with E-state index >= 15 is 0 Å². The lowest BCUT2D eigenvalue weighted by Gasteiger charge is -2.15. The summed E-state index contributed by atoms with van der Waals surface area (Å²) in [6.45, 7) is 4.59. The Labute approximate surface area is 242 Å². The molecule has 230 valence electrons. The summed E-state index contributed by atoms with van der Waals surface area (Å²) in [4.78, 5) is 40.2. The van der Waals surface area contributed by atoms with Crippen LogP contribution in [0.2, 0.25) is 0 Å². The molecule has 1 aliphatic rings. The smallest absolute Gasteiger partial charge is 0.490 e. The van der Waals surface area contributed by atoms with Gasteiger partial charge in [-0.3, -0.25) is 20.0 Å². The number of aliphatic hydroxyl groups is 1. The van der Waals surface area contributed by atoms with Gasteiger partial charge in [0.25, 0.3) is 5.56 Å². The first kappa shape index (κ1) is 31.2. The number of nitrogens with one attached hydrogen (secondary N) is 2. The molecule has 2 aromatic heterocycles. The molecule has 1 saturated heterocycles. The van der Waals surface area contributed by atoms with Crippen LogP contribution in [-0.4, -0.2) is 93.8 Å². The quantitative estimate of drug-likeness (QED) is 0.231. The van der Waals surface area contributed by atoms with Crippen molar-refractivity contribution in [3.63, 3.8) is 0 Å². The lowest BCUT2D eigenvalue weighted by molar-refractivity contribution is -0.192. The number of rotatable bonds is 8. The SMILES string of the molecule is COc1cc2nc(Nc3nc4ccc(OCCN5CCC(O)C5)cc4c(=O)[nH]3)nc(C)c2cc1OC.O=C(O)C(F)(F)F. The lowest BCUT2D eigenvalue weighted by Crippen LogP contribution is -2.27. The van der Waals surface area contributed by atoms with E-state index in [1.54, 1.807) is 38.5 Å². The molecule has 43 heavy (non-hydrogen) atoms. The van der Waals surface area contributed by atoms with Crippen molar-refractivity contribution >= 4 is 39.7 Å². The number of halogens is 3. The number of fused-ring (bicyclic) bond motifs is 2. The molecule has 3 heterocycles. The number of β-amino-alcohol motifs (C(OH)–C–C–N with tert-alkyl or cyclic N) is 1. The minimum atomic E-state index is -5.08. The van der Waals surface area contributed by atoms with Crippen LogP contribution in [0.1, 0.15) is 12.1 Å². The summed E-state index contributed by atoms with van der Waals surface area (Å²) >= 11 is 0. The van der Waals surface area contributed by atoms with Crippen molar-refractivity contribution in [2.75, 3.05) is 45.8 Å². The Bertz CT molecular complexity index is 1680. The maximum atomic E-state index is 12.8. The first-order valence-corrected chi connectivity index (χ1v) is 12.9. The zero-order chi connectivity index (χ0) is 31.3. The number of carboxylic acid groups (broad SMARTS) is 1. The first-order valence-electron chi connectivity index (χ1n) is 12.9. The van der Waals surface area contributed by atoms with Crippen molar-refractivity contribution in [3.05, 3.63) is 46.4 Å². The standard InChI is InChI=1S/C25H28N6O5.C2HF3O2/c1-14-17-11-21(34-2)22(35-3)12-20(17)28-24(26-14)30-25-27-19-5-4-16(10-18(19)23(33)29-25)36-9-8-31-7-6-15(32)13-31;3-2(4,5)1(6)7/h4-5,10-12,15,32H,6-9,13H2,1-3H3,(H2,26,27,28,29,30,33);(H,6,7). The molecule has 2 aromatic carbocycles. The Morgan fingerprint density at radius 2 is 1.79 bits per heavy atom. The molecule has 13 nitrogen and oxygen atoms in total. The molecule has 0 amide bonds. The van der Waals surface area contributed by atoms with Crippen LogP contribution in [0.4, 0.5) is 25.1 Å². The number of aliphatic carboxylic acids is 1. The van der Waals surface area contributed by atoms with Crippen LogP contribution in [0, 0.1) is 6.92 Å². The van der Waals surface area contributed by atoms with Crippen LogP contribution < -0.4 is 25.1 Å². The maximum absolute atomic E-state index is 12.8. The summed E-state index contributed by atoms with van der Waals surface area (Å²) in [7, 11) is 3.14. The summed E-state index contributed by atoms with van der Waals surface area (Å²) in [6.07, 6.45) is -4.55. The van der Waals surface area contributed by atoms with E-state index in [1.807, 2.05) is 13.0 Å². The van der Waals surface area contributed by atoms with E-state index in [0.717, 1.165) is 30.6 Å². The normalized spacial score (nSPS) is 15.2. The number of aliphatic hydroxyl groups excluding tert-OH is 1. The van der Waals surface area contributed by atoms with Crippen LogP contribution in [0.15, 0.2) is 35.1 Å². The highest BCUT2D eigenvalue weighted by molar-refractivity contribution is 5.86. The van der Waals surface area contributed by atoms with Gasteiger partial charge in [-0.25, -0.2) is 19.7 Å². The van der Waals surface area contributed by atoms with E-state index in [2.05, 4.69) is 30.2 Å². The molecule has 0 spiro atoms. The summed E-state index contributed by atoms with van der Waals surface area (Å²) < 4.78 is 48.3. The number of carboxylic acids is 1. The number of methoxy groups -OCH3 is 2. The maximum Gasteiger partial charge on any atom is 0.490 e. The molecule has 1 unspecified atom stereocenters. The number of carbonyl (C=O) groups is 1. The molecule has 1 atom stereocenters. The van der Waals surface area contributed by atoms with Gasteiger partial charge in [-0.15, -0.1) is 0 Å². The van der Waals surface area contributed by atoms with Crippen LogP contribution in [-0.2, 0) is 4.79 Å². The van der Waals surface area contributed by atoms with Crippen molar-refractivity contribution in [1.29, 1.82) is 0 Å². The highest BCUT2D eigenvalue weighted by atomic mass is 19.4. The minimum Gasteiger partial charge on any atom is -0.493 e. The average molecular weight is 607 g/mol. The van der Waals surface area contributed by atoms with E-state index in [9.17, 15) is 23.1 Å². The molecular formula is C27H29F3N6O7. The highest BCUT2D eigenvalue weighted by Gasteiger charge is 2.38. The predicted molar refractivity (Wildman–Crippen MR) is 149 cm³/mol. The number of alkyl halides is 3. The monoisotopic (exact) mass is 606 g/mol.